The summed E-state index contributed by atoms with van der Waals surface area (Å²) in [5, 5.41) is 18.5. The molecule has 2 atom stereocenters. The summed E-state index contributed by atoms with van der Waals surface area (Å²) in [6.45, 7) is 0. The number of hydrogen-bond donors (Lipinski definition) is 2. The Labute approximate surface area is 186 Å². The minimum absolute atomic E-state index is 0.0636. The molecule has 2 fully saturated rings. The van der Waals surface area contributed by atoms with Crippen LogP contribution in [0.3, 0.4) is 0 Å². The van der Waals surface area contributed by atoms with E-state index in [1.54, 1.807) is 12.1 Å². The van der Waals surface area contributed by atoms with Crippen LogP contribution in [0, 0.1) is 16.4 Å². The fourth-order valence-electron chi connectivity index (χ4n) is 4.71. The number of rotatable bonds is 4. The van der Waals surface area contributed by atoms with Crippen LogP contribution in [0.5, 0.6) is 0 Å². The molecule has 0 saturated heterocycles. The molecule has 31 heavy (non-hydrogen) atoms. The van der Waals surface area contributed by atoms with Crippen molar-refractivity contribution in [2.45, 2.75) is 37.8 Å². The van der Waals surface area contributed by atoms with E-state index in [1.807, 2.05) is 0 Å². The van der Waals surface area contributed by atoms with Crippen LogP contribution >= 0.6 is 22.9 Å². The molecule has 5 rings (SSSR count). The molecule has 1 aromatic carbocycles. The number of hydrogen-bond acceptors (Lipinski definition) is 4. The van der Waals surface area contributed by atoms with Crippen molar-refractivity contribution in [2.75, 3.05) is 0 Å². The molecule has 2 aromatic heterocycles. The minimum atomic E-state index is -0.371. The zero-order valence-corrected chi connectivity index (χ0v) is 17.9. The Morgan fingerprint density at radius 3 is 2.61 bits per heavy atom. The highest BCUT2D eigenvalue weighted by Gasteiger charge is 2.59. The zero-order chi connectivity index (χ0) is 21.8. The molecule has 6 nitrogen and oxygen atoms in total. The normalized spacial score (nSPS) is 21.4. The second-order valence-corrected chi connectivity index (χ2v) is 9.64. The number of amides is 2. The van der Waals surface area contributed by atoms with Gasteiger partial charge in [-0.05, 0) is 43.5 Å². The van der Waals surface area contributed by atoms with Crippen molar-refractivity contribution < 1.29 is 18.7 Å². The van der Waals surface area contributed by atoms with Crippen molar-refractivity contribution in [2.24, 2.45) is 5.41 Å². The lowest BCUT2D eigenvalue weighted by Gasteiger charge is -2.61. The van der Waals surface area contributed by atoms with Crippen molar-refractivity contribution >= 4 is 44.8 Å². The number of nitrogens with one attached hydrogen (secondary N) is 2. The molecule has 0 radical (unpaired) electrons. The van der Waals surface area contributed by atoms with E-state index in [0.29, 0.717) is 36.7 Å². The number of thiophene rings is 1. The van der Waals surface area contributed by atoms with Gasteiger partial charge in [-0.1, -0.05) is 18.0 Å². The molecule has 1 spiro atoms. The third-order valence-corrected chi connectivity index (χ3v) is 8.25. The predicted molar refractivity (Wildman–Crippen MR) is 116 cm³/mol. The molecule has 3 aromatic rings. The van der Waals surface area contributed by atoms with Crippen LogP contribution < -0.4 is 15.4 Å². The topological polar surface area (TPSA) is 85.1 Å². The largest absolute Gasteiger partial charge is 0.619 e. The van der Waals surface area contributed by atoms with Crippen LogP contribution in [-0.4, -0.2) is 23.9 Å². The highest BCUT2D eigenvalue weighted by molar-refractivity contribution is 7.21. The summed E-state index contributed by atoms with van der Waals surface area (Å²) in [6, 6.07) is 7.28. The average Bonchev–Trinajstić information content (AvgIpc) is 3.01. The molecular formula is C22H19ClFN3O3S. The Balaban J connectivity index is 1.29. The van der Waals surface area contributed by atoms with Crippen molar-refractivity contribution in [1.29, 1.82) is 0 Å². The van der Waals surface area contributed by atoms with Crippen molar-refractivity contribution in [3.8, 4) is 0 Å². The van der Waals surface area contributed by atoms with E-state index < -0.39 is 0 Å². The molecule has 2 saturated carbocycles. The van der Waals surface area contributed by atoms with E-state index in [2.05, 4.69) is 10.6 Å². The minimum Gasteiger partial charge on any atom is -0.619 e. The van der Waals surface area contributed by atoms with Gasteiger partial charge in [0.25, 0.3) is 11.8 Å². The summed E-state index contributed by atoms with van der Waals surface area (Å²) in [5.74, 6) is -0.937. The van der Waals surface area contributed by atoms with E-state index in [1.165, 1.54) is 41.9 Å². The molecule has 0 aliphatic heterocycles. The second-order valence-electron chi connectivity index (χ2n) is 8.21. The average molecular weight is 460 g/mol. The number of fused-ring (bicyclic) bond motifs is 1. The van der Waals surface area contributed by atoms with E-state index in [9.17, 15) is 19.2 Å². The van der Waals surface area contributed by atoms with Gasteiger partial charge in [0, 0.05) is 33.7 Å². The summed E-state index contributed by atoms with van der Waals surface area (Å²) in [5.41, 5.74) is 0.131. The van der Waals surface area contributed by atoms with Gasteiger partial charge in [-0.3, -0.25) is 9.59 Å². The number of nitrogens with zero attached hydrogens (tertiary/aromatic N) is 1. The lowest BCUT2D eigenvalue weighted by atomic mass is 9.49. The maximum Gasteiger partial charge on any atom is 0.263 e. The van der Waals surface area contributed by atoms with E-state index in [-0.39, 0.29) is 35.1 Å². The number of carbonyl (C=O) groups is 2. The van der Waals surface area contributed by atoms with E-state index in [0.717, 1.165) is 19.3 Å². The first-order valence-corrected chi connectivity index (χ1v) is 11.2. The maximum atomic E-state index is 13.5. The predicted octanol–water partition coefficient (Wildman–Crippen LogP) is 3.80. The van der Waals surface area contributed by atoms with Gasteiger partial charge >= 0.3 is 0 Å². The second kappa shape index (κ2) is 7.46. The number of carbonyl (C=O) groups excluding carboxylic acids is 2. The summed E-state index contributed by atoms with van der Waals surface area (Å²) >= 11 is 7.56. The van der Waals surface area contributed by atoms with Gasteiger partial charge in [0.2, 0.25) is 0 Å². The lowest BCUT2D eigenvalue weighted by Crippen LogP contribution is -2.71. The molecule has 2 N–H and O–H groups in total. The van der Waals surface area contributed by atoms with Crippen LogP contribution in [0.1, 0.15) is 45.7 Å². The van der Waals surface area contributed by atoms with Crippen LogP contribution in [0.25, 0.3) is 10.1 Å². The van der Waals surface area contributed by atoms with Gasteiger partial charge in [-0.15, -0.1) is 11.3 Å². The molecule has 2 heterocycles. The van der Waals surface area contributed by atoms with Gasteiger partial charge in [0.15, 0.2) is 12.4 Å². The zero-order valence-electron chi connectivity index (χ0n) is 16.4. The van der Waals surface area contributed by atoms with Crippen LogP contribution in [0.4, 0.5) is 4.39 Å². The van der Waals surface area contributed by atoms with Gasteiger partial charge < -0.3 is 15.8 Å². The molecule has 2 unspecified atom stereocenters. The molecule has 160 valence electrons. The number of pyridine rings is 1. The third kappa shape index (κ3) is 3.34. The van der Waals surface area contributed by atoms with Crippen LogP contribution in [0.15, 0.2) is 42.7 Å². The third-order valence-electron chi connectivity index (χ3n) is 6.59. The first-order chi connectivity index (χ1) is 14.9. The lowest BCUT2D eigenvalue weighted by molar-refractivity contribution is -0.605. The Kier molecular flexibility index (Phi) is 4.86. The molecular weight excluding hydrogens is 441 g/mol. The van der Waals surface area contributed by atoms with E-state index in [4.69, 9.17) is 11.6 Å². The summed E-state index contributed by atoms with van der Waals surface area (Å²) < 4.78 is 14.7. The Bertz CT molecular complexity index is 1210. The van der Waals surface area contributed by atoms with Gasteiger partial charge in [0.05, 0.1) is 5.02 Å². The maximum absolute atomic E-state index is 13.5. The number of benzene rings is 1. The monoisotopic (exact) mass is 459 g/mol. The fourth-order valence-corrected chi connectivity index (χ4v) is 6.16. The van der Waals surface area contributed by atoms with Crippen LogP contribution in [-0.2, 0) is 0 Å². The summed E-state index contributed by atoms with van der Waals surface area (Å²) in [6.07, 6.45) is 6.03. The summed E-state index contributed by atoms with van der Waals surface area (Å²) in [7, 11) is 0. The molecule has 2 aliphatic rings. The Hall–Kier alpha value is -2.71. The first-order valence-electron chi connectivity index (χ1n) is 10.1. The molecule has 2 amide bonds. The van der Waals surface area contributed by atoms with E-state index >= 15 is 0 Å². The van der Waals surface area contributed by atoms with Gasteiger partial charge in [-0.2, -0.15) is 4.73 Å². The SMILES string of the molecule is O=C(NC1CC(NC(=O)c2sc3cc(F)ccc3c2Cl)C12CCC2)c1ccc[n+]([O-])c1. The molecule has 9 heteroatoms. The Morgan fingerprint density at radius 2 is 1.94 bits per heavy atom. The van der Waals surface area contributed by atoms with Crippen molar-refractivity contribution in [1.82, 2.24) is 10.6 Å². The van der Waals surface area contributed by atoms with Gasteiger partial charge in [0.1, 0.15) is 16.3 Å². The number of halogens is 2. The quantitative estimate of drug-likeness (QED) is 0.459. The smallest absolute Gasteiger partial charge is 0.263 e. The molecule has 0 bridgehead atoms. The fraction of sp³-hybridized carbons (Fsp3) is 0.318. The molecule has 2 aliphatic carbocycles. The number of aromatic nitrogens is 1. The Morgan fingerprint density at radius 1 is 1.19 bits per heavy atom. The standard InChI is InChI=1S/C22H19ClFN3O3S/c23-18-14-5-4-13(24)9-15(14)31-19(18)21(29)26-17-10-16(22(17)6-2-7-22)25-20(28)12-3-1-8-27(30)11-12/h1,3-5,8-9,11,16-17H,2,6-7,10H2,(H,25,28)(H,26,29). The van der Waals surface area contributed by atoms with Gasteiger partial charge in [-0.25, -0.2) is 4.39 Å². The summed E-state index contributed by atoms with van der Waals surface area (Å²) in [4.78, 5) is 25.9. The van der Waals surface area contributed by atoms with Crippen LogP contribution in [0.2, 0.25) is 5.02 Å². The van der Waals surface area contributed by atoms with Crippen molar-refractivity contribution in [3.05, 3.63) is 69.2 Å². The first kappa shape index (κ1) is 20.2. The highest BCUT2D eigenvalue weighted by Crippen LogP contribution is 2.56. The van der Waals surface area contributed by atoms with Crippen molar-refractivity contribution in [3.63, 3.8) is 0 Å². The highest BCUT2D eigenvalue weighted by atomic mass is 35.5.